The number of phenols is 2. The predicted molar refractivity (Wildman–Crippen MR) is 171 cm³/mol. The molecule has 0 atom stereocenters. The lowest BCUT2D eigenvalue weighted by atomic mass is 9.78. The van der Waals surface area contributed by atoms with E-state index in [2.05, 4.69) is 65.8 Å². The highest BCUT2D eigenvalue weighted by Gasteiger charge is 2.28. The lowest BCUT2D eigenvalue weighted by molar-refractivity contribution is 0.446. The minimum absolute atomic E-state index is 0.262. The molecule has 2 aromatic carbocycles. The molecule has 0 saturated carbocycles. The summed E-state index contributed by atoms with van der Waals surface area (Å²) in [4.78, 5) is 3.97. The van der Waals surface area contributed by atoms with Gasteiger partial charge in [0.25, 0.3) is 0 Å². The van der Waals surface area contributed by atoms with Crippen LogP contribution in [-0.4, -0.2) is 33.2 Å². The van der Waals surface area contributed by atoms with Crippen LogP contribution in [0.3, 0.4) is 0 Å². The van der Waals surface area contributed by atoms with Crippen LogP contribution in [-0.2, 0) is 5.41 Å². The first-order valence-electron chi connectivity index (χ1n) is 14.1. The highest BCUT2D eigenvalue weighted by atomic mass is 32.2. The van der Waals surface area contributed by atoms with Gasteiger partial charge in [-0.2, -0.15) is 0 Å². The van der Waals surface area contributed by atoms with Crippen LogP contribution in [0.2, 0.25) is 0 Å². The van der Waals surface area contributed by atoms with E-state index < -0.39 is 0 Å². The highest BCUT2D eigenvalue weighted by molar-refractivity contribution is 8.00. The minimum atomic E-state index is -0.262. The van der Waals surface area contributed by atoms with Crippen molar-refractivity contribution in [2.45, 2.75) is 118 Å². The van der Waals surface area contributed by atoms with Gasteiger partial charge in [0.2, 0.25) is 0 Å². The molecular formula is C31H48O2S4. The zero-order chi connectivity index (χ0) is 27.3. The molecule has 0 radical (unpaired) electrons. The normalized spacial score (nSPS) is 11.8. The maximum atomic E-state index is 11.1. The molecule has 2 N–H and O–H groups in total. The van der Waals surface area contributed by atoms with Crippen molar-refractivity contribution in [3.63, 3.8) is 0 Å². The maximum Gasteiger partial charge on any atom is 0.142 e. The Balaban J connectivity index is 2.54. The molecular weight excluding hydrogens is 533 g/mol. The minimum Gasteiger partial charge on any atom is -0.506 e. The third kappa shape index (κ3) is 9.85. The van der Waals surface area contributed by atoms with Gasteiger partial charge in [0.1, 0.15) is 11.5 Å². The van der Waals surface area contributed by atoms with Crippen LogP contribution >= 0.6 is 47.0 Å². The molecule has 0 bridgehead atoms. The van der Waals surface area contributed by atoms with Crippen LogP contribution in [0.4, 0.5) is 0 Å². The molecule has 0 aliphatic carbocycles. The quantitative estimate of drug-likeness (QED) is 0.135. The number of thioether (sulfide) groups is 4. The number of benzene rings is 2. The largest absolute Gasteiger partial charge is 0.506 e. The lowest BCUT2D eigenvalue weighted by Gasteiger charge is -2.29. The molecule has 2 aromatic rings. The molecule has 0 heterocycles. The zero-order valence-electron chi connectivity index (χ0n) is 23.8. The van der Waals surface area contributed by atoms with Crippen LogP contribution in [0, 0.1) is 0 Å². The number of aromatic hydroxyl groups is 2. The second-order valence-electron chi connectivity index (χ2n) is 10.1. The van der Waals surface area contributed by atoms with Crippen LogP contribution in [0.1, 0.15) is 104 Å². The Morgan fingerprint density at radius 3 is 0.973 bits per heavy atom. The molecule has 0 unspecified atom stereocenters. The summed E-state index contributed by atoms with van der Waals surface area (Å²) >= 11 is 7.10. The van der Waals surface area contributed by atoms with Crippen molar-refractivity contribution in [2.75, 3.05) is 23.0 Å². The monoisotopic (exact) mass is 580 g/mol. The zero-order valence-corrected chi connectivity index (χ0v) is 27.1. The van der Waals surface area contributed by atoms with E-state index in [0.717, 1.165) is 94.0 Å². The Labute approximate surface area is 244 Å². The molecule has 0 amide bonds. The van der Waals surface area contributed by atoms with Crippen molar-refractivity contribution in [1.82, 2.24) is 0 Å². The molecule has 0 aromatic heterocycles. The summed E-state index contributed by atoms with van der Waals surface area (Å²) in [5, 5.41) is 22.3. The Hall–Kier alpha value is -0.560. The van der Waals surface area contributed by atoms with Gasteiger partial charge in [-0.25, -0.2) is 0 Å². The molecule has 6 heteroatoms. The first kappa shape index (κ1) is 32.7. The fourth-order valence-electron chi connectivity index (χ4n) is 3.80. The average molecular weight is 581 g/mol. The van der Waals surface area contributed by atoms with E-state index in [1.807, 2.05) is 0 Å². The molecule has 2 rings (SSSR count). The van der Waals surface area contributed by atoms with Gasteiger partial charge in [-0.3, -0.25) is 0 Å². The van der Waals surface area contributed by atoms with Gasteiger partial charge < -0.3 is 10.2 Å². The fraction of sp³-hybridized carbons (Fsp3) is 0.613. The van der Waals surface area contributed by atoms with Gasteiger partial charge in [0, 0.05) is 5.41 Å². The average Bonchev–Trinajstić information content (AvgIpc) is 2.88. The predicted octanol–water partition coefficient (Wildman–Crippen LogP) is 11.0. The van der Waals surface area contributed by atoms with Gasteiger partial charge in [0.05, 0.1) is 19.6 Å². The van der Waals surface area contributed by atoms with Crippen LogP contribution in [0.5, 0.6) is 11.5 Å². The highest BCUT2D eigenvalue weighted by Crippen LogP contribution is 2.46. The van der Waals surface area contributed by atoms with Gasteiger partial charge in [0.15, 0.2) is 0 Å². The number of hydrogen-bond acceptors (Lipinski definition) is 6. The van der Waals surface area contributed by atoms with Crippen LogP contribution in [0.15, 0.2) is 43.8 Å². The fourth-order valence-corrected chi connectivity index (χ4v) is 8.37. The third-order valence-electron chi connectivity index (χ3n) is 6.55. The number of hydrogen-bond donors (Lipinski definition) is 2. The van der Waals surface area contributed by atoms with Crippen LogP contribution in [0.25, 0.3) is 0 Å². The summed E-state index contributed by atoms with van der Waals surface area (Å²) in [6.45, 7) is 13.4. The molecule has 0 aliphatic heterocycles. The second-order valence-corrected chi connectivity index (χ2v) is 14.6. The topological polar surface area (TPSA) is 40.5 Å². The summed E-state index contributed by atoms with van der Waals surface area (Å²) < 4.78 is 0. The molecule has 0 spiro atoms. The van der Waals surface area contributed by atoms with Crippen LogP contribution < -0.4 is 0 Å². The smallest absolute Gasteiger partial charge is 0.142 e. The SMILES string of the molecule is CCCCSc1cc(C(C)(C)c2cc(SCCCC)c(O)c(SCCCC)c2)cc(SCCCC)c1O. The van der Waals surface area contributed by atoms with Crippen molar-refractivity contribution in [3.8, 4) is 11.5 Å². The number of phenolic OH excluding ortho intramolecular Hbond substituents is 2. The Bertz CT molecular complexity index is 821. The third-order valence-corrected chi connectivity index (χ3v) is 11.0. The molecule has 0 fully saturated rings. The molecule has 37 heavy (non-hydrogen) atoms. The summed E-state index contributed by atoms with van der Waals surface area (Å²) in [5.74, 6) is 4.95. The van der Waals surface area contributed by atoms with Crippen molar-refractivity contribution in [2.24, 2.45) is 0 Å². The van der Waals surface area contributed by atoms with E-state index >= 15 is 0 Å². The lowest BCUT2D eigenvalue weighted by Crippen LogP contribution is -2.19. The number of unbranched alkanes of at least 4 members (excludes halogenated alkanes) is 4. The van der Waals surface area contributed by atoms with Gasteiger partial charge in [-0.15, -0.1) is 47.0 Å². The number of rotatable bonds is 18. The van der Waals surface area contributed by atoms with Crippen molar-refractivity contribution >= 4 is 47.0 Å². The Morgan fingerprint density at radius 1 is 0.514 bits per heavy atom. The van der Waals surface area contributed by atoms with Crippen molar-refractivity contribution in [1.29, 1.82) is 0 Å². The Morgan fingerprint density at radius 2 is 0.757 bits per heavy atom. The first-order valence-corrected chi connectivity index (χ1v) is 18.0. The summed E-state index contributed by atoms with van der Waals surface area (Å²) in [6.07, 6.45) is 9.19. The molecule has 0 saturated heterocycles. The summed E-state index contributed by atoms with van der Waals surface area (Å²) in [6, 6.07) is 8.83. The Kier molecular flexibility index (Phi) is 15.2. The summed E-state index contributed by atoms with van der Waals surface area (Å²) in [5.41, 5.74) is 2.19. The van der Waals surface area contributed by atoms with Gasteiger partial charge in [-0.1, -0.05) is 67.2 Å². The van der Waals surface area contributed by atoms with E-state index in [1.54, 1.807) is 47.0 Å². The van der Waals surface area contributed by atoms with E-state index in [4.69, 9.17) is 0 Å². The van der Waals surface area contributed by atoms with Gasteiger partial charge in [-0.05, 0) is 84.1 Å². The van der Waals surface area contributed by atoms with E-state index in [-0.39, 0.29) is 5.41 Å². The molecule has 208 valence electrons. The summed E-state index contributed by atoms with van der Waals surface area (Å²) in [7, 11) is 0. The van der Waals surface area contributed by atoms with Crippen molar-refractivity contribution < 1.29 is 10.2 Å². The van der Waals surface area contributed by atoms with Crippen molar-refractivity contribution in [3.05, 3.63) is 35.4 Å². The standard InChI is InChI=1S/C31H48O2S4/c1-7-11-15-34-25-19-23(20-26(29(25)32)35-16-12-8-2)31(5,6)24-21-27(36-17-13-9-3)30(33)28(22-24)37-18-14-10-4/h19-22,32-33H,7-18H2,1-6H3. The molecule has 0 aliphatic rings. The van der Waals surface area contributed by atoms with Gasteiger partial charge >= 0.3 is 0 Å². The second kappa shape index (κ2) is 17.2. The first-order chi connectivity index (χ1) is 17.8. The maximum absolute atomic E-state index is 11.1. The van der Waals surface area contributed by atoms with E-state index in [0.29, 0.717) is 11.5 Å². The van der Waals surface area contributed by atoms with E-state index in [1.165, 1.54) is 11.1 Å². The molecule has 2 nitrogen and oxygen atoms in total. The van der Waals surface area contributed by atoms with E-state index in [9.17, 15) is 10.2 Å².